The van der Waals surface area contributed by atoms with E-state index in [0.29, 0.717) is 42.8 Å². The highest BCUT2D eigenvalue weighted by Gasteiger charge is 2.18. The molecule has 0 spiro atoms. The van der Waals surface area contributed by atoms with Crippen molar-refractivity contribution in [1.82, 2.24) is 4.90 Å². The normalized spacial score (nSPS) is 14.1. The number of nitrogens with one attached hydrogen (secondary N) is 1. The van der Waals surface area contributed by atoms with Crippen molar-refractivity contribution in [2.24, 2.45) is 5.10 Å². The Labute approximate surface area is 168 Å². The second-order valence-electron chi connectivity index (χ2n) is 6.07. The smallest absolute Gasteiger partial charge is 0.260 e. The Morgan fingerprint density at radius 3 is 2.82 bits per heavy atom. The molecule has 3 rings (SSSR count). The predicted octanol–water partition coefficient (Wildman–Crippen LogP) is 3.03. The van der Waals surface area contributed by atoms with Gasteiger partial charge in [0.15, 0.2) is 18.1 Å². The van der Waals surface area contributed by atoms with E-state index in [1.165, 1.54) is 0 Å². The summed E-state index contributed by atoms with van der Waals surface area (Å²) < 4.78 is 16.3. The van der Waals surface area contributed by atoms with Crippen molar-refractivity contribution >= 4 is 29.4 Å². The van der Waals surface area contributed by atoms with E-state index in [0.717, 1.165) is 11.3 Å². The number of methoxy groups -OCH3 is 1. The summed E-state index contributed by atoms with van der Waals surface area (Å²) >= 11 is 5.94. The Morgan fingerprint density at radius 1 is 1.25 bits per heavy atom. The number of hydrogen-bond acceptors (Lipinski definition) is 6. The highest BCUT2D eigenvalue weighted by Crippen LogP contribution is 2.27. The molecule has 1 amide bonds. The molecule has 1 heterocycles. The van der Waals surface area contributed by atoms with Gasteiger partial charge in [0.1, 0.15) is 0 Å². The Morgan fingerprint density at radius 2 is 2.07 bits per heavy atom. The lowest BCUT2D eigenvalue weighted by Gasteiger charge is -2.26. The van der Waals surface area contributed by atoms with Gasteiger partial charge in [-0.1, -0.05) is 17.7 Å². The van der Waals surface area contributed by atoms with Gasteiger partial charge in [-0.05, 0) is 42.0 Å². The van der Waals surface area contributed by atoms with E-state index in [4.69, 9.17) is 25.8 Å². The summed E-state index contributed by atoms with van der Waals surface area (Å²) in [6.45, 7) is 2.27. The van der Waals surface area contributed by atoms with Crippen LogP contribution in [0.3, 0.4) is 0 Å². The van der Waals surface area contributed by atoms with Gasteiger partial charge in [0.25, 0.3) is 5.91 Å². The lowest BCUT2D eigenvalue weighted by molar-refractivity contribution is -0.137. The summed E-state index contributed by atoms with van der Waals surface area (Å²) in [4.78, 5) is 13.9. The van der Waals surface area contributed by atoms with Crippen LogP contribution in [0.15, 0.2) is 47.6 Å². The lowest BCUT2D eigenvalue weighted by atomic mass is 10.2. The molecule has 1 N–H and O–H groups in total. The molecular weight excluding hydrogens is 382 g/mol. The zero-order valence-corrected chi connectivity index (χ0v) is 16.3. The van der Waals surface area contributed by atoms with Crippen molar-refractivity contribution in [3.63, 3.8) is 0 Å². The highest BCUT2D eigenvalue weighted by atomic mass is 35.5. The first-order valence-electron chi connectivity index (χ1n) is 8.87. The average molecular weight is 404 g/mol. The van der Waals surface area contributed by atoms with Gasteiger partial charge in [0.05, 0.1) is 32.2 Å². The first-order chi connectivity index (χ1) is 13.7. The number of nitrogens with zero attached hydrogens (tertiary/aromatic N) is 2. The summed E-state index contributed by atoms with van der Waals surface area (Å²) in [6.07, 6.45) is 1.66. The average Bonchev–Trinajstić information content (AvgIpc) is 2.73. The van der Waals surface area contributed by atoms with E-state index in [9.17, 15) is 4.79 Å². The Hall–Kier alpha value is -2.77. The van der Waals surface area contributed by atoms with Crippen molar-refractivity contribution < 1.29 is 19.0 Å². The van der Waals surface area contributed by atoms with E-state index >= 15 is 0 Å². The summed E-state index contributed by atoms with van der Waals surface area (Å²) in [5.74, 6) is 0.965. The Bertz CT molecular complexity index is 838. The molecule has 0 saturated carbocycles. The molecule has 1 aliphatic rings. The van der Waals surface area contributed by atoms with Crippen molar-refractivity contribution in [3.05, 3.63) is 53.1 Å². The van der Waals surface area contributed by atoms with Crippen LogP contribution in [0.5, 0.6) is 11.5 Å². The van der Waals surface area contributed by atoms with Gasteiger partial charge in [-0.3, -0.25) is 10.2 Å². The second kappa shape index (κ2) is 9.96. The standard InChI is InChI=1S/C20H22ClN3O4/c1-26-19-11-15(13-22-23-17-4-2-3-16(21)12-17)5-6-18(19)28-14-20(25)24-7-9-27-10-8-24/h2-6,11-13,23H,7-10,14H2,1H3/b22-13-. The monoisotopic (exact) mass is 403 g/mol. The molecule has 7 nitrogen and oxygen atoms in total. The summed E-state index contributed by atoms with van der Waals surface area (Å²) in [6, 6.07) is 12.7. The number of benzene rings is 2. The van der Waals surface area contributed by atoms with Crippen molar-refractivity contribution in [2.75, 3.05) is 45.4 Å². The van der Waals surface area contributed by atoms with Crippen LogP contribution >= 0.6 is 11.6 Å². The van der Waals surface area contributed by atoms with Crippen LogP contribution in [-0.4, -0.2) is 57.0 Å². The maximum atomic E-state index is 12.2. The Kier molecular flexibility index (Phi) is 7.11. The molecule has 1 fully saturated rings. The van der Waals surface area contributed by atoms with Crippen LogP contribution in [0.1, 0.15) is 5.56 Å². The molecule has 0 radical (unpaired) electrons. The van der Waals surface area contributed by atoms with E-state index in [1.807, 2.05) is 18.2 Å². The van der Waals surface area contributed by atoms with E-state index in [-0.39, 0.29) is 12.5 Å². The summed E-state index contributed by atoms with van der Waals surface area (Å²) in [5.41, 5.74) is 4.52. The third kappa shape index (κ3) is 5.61. The largest absolute Gasteiger partial charge is 0.493 e. The predicted molar refractivity (Wildman–Crippen MR) is 109 cm³/mol. The Balaban J connectivity index is 1.58. The van der Waals surface area contributed by atoms with Gasteiger partial charge in [-0.15, -0.1) is 0 Å². The maximum Gasteiger partial charge on any atom is 0.260 e. The number of hydrogen-bond donors (Lipinski definition) is 1. The minimum atomic E-state index is -0.0679. The lowest BCUT2D eigenvalue weighted by Crippen LogP contribution is -2.43. The molecule has 0 atom stereocenters. The number of ether oxygens (including phenoxy) is 3. The van der Waals surface area contributed by atoms with Crippen molar-refractivity contribution in [1.29, 1.82) is 0 Å². The number of hydrazone groups is 1. The van der Waals surface area contributed by atoms with Crippen LogP contribution in [-0.2, 0) is 9.53 Å². The van der Waals surface area contributed by atoms with E-state index in [2.05, 4.69) is 10.5 Å². The quantitative estimate of drug-likeness (QED) is 0.568. The van der Waals surface area contributed by atoms with Gasteiger partial charge in [-0.2, -0.15) is 5.10 Å². The molecular formula is C20H22ClN3O4. The van der Waals surface area contributed by atoms with E-state index < -0.39 is 0 Å². The van der Waals surface area contributed by atoms with Crippen LogP contribution in [0.4, 0.5) is 5.69 Å². The van der Waals surface area contributed by atoms with Crippen LogP contribution in [0, 0.1) is 0 Å². The molecule has 1 saturated heterocycles. The number of morpholine rings is 1. The van der Waals surface area contributed by atoms with Crippen LogP contribution in [0.25, 0.3) is 0 Å². The first kappa shape index (κ1) is 20.0. The molecule has 0 unspecified atom stereocenters. The molecule has 2 aromatic rings. The minimum absolute atomic E-state index is 0.0415. The number of amides is 1. The number of rotatable bonds is 7. The zero-order chi connectivity index (χ0) is 19.8. The molecule has 2 aromatic carbocycles. The highest BCUT2D eigenvalue weighted by molar-refractivity contribution is 6.30. The van der Waals surface area contributed by atoms with Crippen molar-refractivity contribution in [2.45, 2.75) is 0 Å². The molecule has 1 aliphatic heterocycles. The molecule has 0 aromatic heterocycles. The van der Waals surface area contributed by atoms with Crippen molar-refractivity contribution in [3.8, 4) is 11.5 Å². The number of halogens is 1. The zero-order valence-electron chi connectivity index (χ0n) is 15.6. The SMILES string of the molecule is COc1cc(/C=N\Nc2cccc(Cl)c2)ccc1OCC(=O)N1CCOCC1. The van der Waals surface area contributed by atoms with Gasteiger partial charge in [0.2, 0.25) is 0 Å². The fourth-order valence-corrected chi connectivity index (χ4v) is 2.86. The summed E-state index contributed by atoms with van der Waals surface area (Å²) in [5, 5.41) is 4.83. The van der Waals surface area contributed by atoms with Gasteiger partial charge >= 0.3 is 0 Å². The minimum Gasteiger partial charge on any atom is -0.493 e. The number of anilines is 1. The first-order valence-corrected chi connectivity index (χ1v) is 9.24. The van der Waals surface area contributed by atoms with Gasteiger partial charge in [-0.25, -0.2) is 0 Å². The van der Waals surface area contributed by atoms with E-state index in [1.54, 1.807) is 42.5 Å². The molecule has 28 heavy (non-hydrogen) atoms. The second-order valence-corrected chi connectivity index (χ2v) is 6.51. The fraction of sp³-hybridized carbons (Fsp3) is 0.300. The topological polar surface area (TPSA) is 72.4 Å². The maximum absolute atomic E-state index is 12.2. The molecule has 8 heteroatoms. The van der Waals surface area contributed by atoms with Gasteiger partial charge in [0, 0.05) is 18.1 Å². The van der Waals surface area contributed by atoms with Crippen LogP contribution < -0.4 is 14.9 Å². The molecule has 148 valence electrons. The third-order valence-electron chi connectivity index (χ3n) is 4.13. The third-order valence-corrected chi connectivity index (χ3v) is 4.37. The number of carbonyl (C=O) groups excluding carboxylic acids is 1. The molecule has 0 bridgehead atoms. The fourth-order valence-electron chi connectivity index (χ4n) is 2.67. The van der Waals surface area contributed by atoms with Gasteiger partial charge < -0.3 is 19.1 Å². The summed E-state index contributed by atoms with van der Waals surface area (Å²) in [7, 11) is 1.55. The van der Waals surface area contributed by atoms with Crippen LogP contribution in [0.2, 0.25) is 5.02 Å². The number of carbonyl (C=O) groups is 1. The molecule has 0 aliphatic carbocycles.